The summed E-state index contributed by atoms with van der Waals surface area (Å²) in [5, 5.41) is 2.45. The van der Waals surface area contributed by atoms with Crippen LogP contribution in [0.4, 0.5) is 10.6 Å². The lowest BCUT2D eigenvalue weighted by Gasteiger charge is -2.01. The summed E-state index contributed by atoms with van der Waals surface area (Å²) >= 11 is 0. The molecule has 0 aromatic carbocycles. The molecule has 0 aliphatic rings. The van der Waals surface area contributed by atoms with E-state index in [0.717, 1.165) is 5.56 Å². The SMILES string of the molecule is COC(=O)Nc1ccc(C)cn1. The van der Waals surface area contributed by atoms with E-state index >= 15 is 0 Å². The van der Waals surface area contributed by atoms with Crippen LogP contribution in [-0.4, -0.2) is 18.2 Å². The number of rotatable bonds is 1. The Labute approximate surface area is 70.6 Å². The number of hydrogen-bond acceptors (Lipinski definition) is 3. The van der Waals surface area contributed by atoms with Crippen molar-refractivity contribution in [1.29, 1.82) is 0 Å². The van der Waals surface area contributed by atoms with Crippen LogP contribution in [0.3, 0.4) is 0 Å². The van der Waals surface area contributed by atoms with Gasteiger partial charge in [-0.2, -0.15) is 0 Å². The second-order valence-corrected chi connectivity index (χ2v) is 2.34. The summed E-state index contributed by atoms with van der Waals surface area (Å²) in [5.41, 5.74) is 1.05. The number of amides is 1. The quantitative estimate of drug-likeness (QED) is 0.688. The van der Waals surface area contributed by atoms with Crippen molar-refractivity contribution < 1.29 is 9.53 Å². The topological polar surface area (TPSA) is 51.2 Å². The monoisotopic (exact) mass is 166 g/mol. The standard InChI is InChI=1S/C8H10N2O2/c1-6-3-4-7(9-5-6)10-8(11)12-2/h3-5H,1-2H3,(H,9,10,11). The number of hydrogen-bond donors (Lipinski definition) is 1. The fourth-order valence-corrected chi connectivity index (χ4v) is 0.697. The van der Waals surface area contributed by atoms with Crippen LogP contribution >= 0.6 is 0 Å². The van der Waals surface area contributed by atoms with E-state index in [1.165, 1.54) is 7.11 Å². The molecular formula is C8H10N2O2. The predicted molar refractivity (Wildman–Crippen MR) is 45.0 cm³/mol. The highest BCUT2D eigenvalue weighted by molar-refractivity contribution is 5.83. The van der Waals surface area contributed by atoms with Gasteiger partial charge in [0.2, 0.25) is 0 Å². The Hall–Kier alpha value is -1.58. The zero-order valence-corrected chi connectivity index (χ0v) is 7.00. The van der Waals surface area contributed by atoms with E-state index in [4.69, 9.17) is 0 Å². The molecule has 1 N–H and O–H groups in total. The van der Waals surface area contributed by atoms with E-state index in [0.29, 0.717) is 5.82 Å². The first kappa shape index (κ1) is 8.52. The van der Waals surface area contributed by atoms with Crippen molar-refractivity contribution in [3.8, 4) is 0 Å². The fourth-order valence-electron chi connectivity index (χ4n) is 0.697. The van der Waals surface area contributed by atoms with E-state index in [1.807, 2.05) is 13.0 Å². The molecule has 0 atom stereocenters. The average Bonchev–Trinajstić information content (AvgIpc) is 2.09. The van der Waals surface area contributed by atoms with Crippen LogP contribution in [0.1, 0.15) is 5.56 Å². The zero-order chi connectivity index (χ0) is 8.97. The third-order valence-corrected chi connectivity index (χ3v) is 1.33. The molecule has 0 radical (unpaired) electrons. The number of aromatic nitrogens is 1. The molecule has 0 saturated carbocycles. The molecule has 1 heterocycles. The lowest BCUT2D eigenvalue weighted by atomic mass is 10.3. The van der Waals surface area contributed by atoms with Crippen molar-refractivity contribution in [3.05, 3.63) is 23.9 Å². The van der Waals surface area contributed by atoms with Crippen LogP contribution in [0, 0.1) is 6.92 Å². The van der Waals surface area contributed by atoms with Gasteiger partial charge in [0, 0.05) is 6.20 Å². The molecule has 12 heavy (non-hydrogen) atoms. The van der Waals surface area contributed by atoms with Crippen LogP contribution < -0.4 is 5.32 Å². The molecule has 64 valence electrons. The molecule has 1 amide bonds. The molecule has 0 bridgehead atoms. The Morgan fingerprint density at radius 2 is 2.33 bits per heavy atom. The minimum Gasteiger partial charge on any atom is -0.453 e. The summed E-state index contributed by atoms with van der Waals surface area (Å²) in [6.45, 7) is 1.93. The first-order valence-electron chi connectivity index (χ1n) is 3.50. The molecule has 0 unspecified atom stereocenters. The van der Waals surface area contributed by atoms with E-state index in [2.05, 4.69) is 15.0 Å². The molecular weight excluding hydrogens is 156 g/mol. The molecule has 1 aromatic rings. The minimum absolute atomic E-state index is 0.493. The Morgan fingerprint density at radius 3 is 2.83 bits per heavy atom. The van der Waals surface area contributed by atoms with Gasteiger partial charge < -0.3 is 4.74 Å². The van der Waals surface area contributed by atoms with Gasteiger partial charge in [0.05, 0.1) is 7.11 Å². The molecule has 0 fully saturated rings. The average molecular weight is 166 g/mol. The normalized spacial score (nSPS) is 9.17. The summed E-state index contributed by atoms with van der Waals surface area (Å²) in [6.07, 6.45) is 1.16. The lowest BCUT2D eigenvalue weighted by Crippen LogP contribution is -2.11. The van der Waals surface area contributed by atoms with Crippen molar-refractivity contribution in [3.63, 3.8) is 0 Å². The van der Waals surface area contributed by atoms with Crippen LogP contribution in [0.5, 0.6) is 0 Å². The van der Waals surface area contributed by atoms with Gasteiger partial charge in [-0.15, -0.1) is 0 Å². The number of anilines is 1. The molecule has 4 nitrogen and oxygen atoms in total. The maximum absolute atomic E-state index is 10.7. The van der Waals surface area contributed by atoms with Crippen LogP contribution in [0.15, 0.2) is 18.3 Å². The Bertz CT molecular complexity index is 269. The first-order chi connectivity index (χ1) is 5.72. The molecule has 1 aromatic heterocycles. The third-order valence-electron chi connectivity index (χ3n) is 1.33. The number of aryl methyl sites for hydroxylation is 1. The van der Waals surface area contributed by atoms with Crippen molar-refractivity contribution in [2.75, 3.05) is 12.4 Å². The summed E-state index contributed by atoms with van der Waals surface area (Å²) in [6, 6.07) is 3.57. The van der Waals surface area contributed by atoms with Crippen LogP contribution in [0.2, 0.25) is 0 Å². The largest absolute Gasteiger partial charge is 0.453 e. The smallest absolute Gasteiger partial charge is 0.412 e. The van der Waals surface area contributed by atoms with Gasteiger partial charge >= 0.3 is 6.09 Å². The maximum Gasteiger partial charge on any atom is 0.412 e. The second-order valence-electron chi connectivity index (χ2n) is 2.34. The second kappa shape index (κ2) is 3.71. The Kier molecular flexibility index (Phi) is 2.63. The summed E-state index contributed by atoms with van der Waals surface area (Å²) in [7, 11) is 1.31. The van der Waals surface area contributed by atoms with Gasteiger partial charge in [-0.3, -0.25) is 5.32 Å². The summed E-state index contributed by atoms with van der Waals surface area (Å²) in [5.74, 6) is 0.493. The molecule has 1 rings (SSSR count). The maximum atomic E-state index is 10.7. The number of ether oxygens (including phenoxy) is 1. The predicted octanol–water partition coefficient (Wildman–Crippen LogP) is 1.57. The number of carbonyl (C=O) groups excluding carboxylic acids is 1. The van der Waals surface area contributed by atoms with Crippen molar-refractivity contribution >= 4 is 11.9 Å². The van der Waals surface area contributed by atoms with E-state index in [9.17, 15) is 4.79 Å². The minimum atomic E-state index is -0.508. The lowest BCUT2D eigenvalue weighted by molar-refractivity contribution is 0.187. The van der Waals surface area contributed by atoms with Crippen molar-refractivity contribution in [1.82, 2.24) is 4.98 Å². The summed E-state index contributed by atoms with van der Waals surface area (Å²) < 4.78 is 4.39. The van der Waals surface area contributed by atoms with Gasteiger partial charge in [-0.1, -0.05) is 6.07 Å². The highest BCUT2D eigenvalue weighted by Crippen LogP contribution is 2.03. The van der Waals surface area contributed by atoms with E-state index in [1.54, 1.807) is 12.3 Å². The summed E-state index contributed by atoms with van der Waals surface area (Å²) in [4.78, 5) is 14.6. The molecule has 0 saturated heterocycles. The van der Waals surface area contributed by atoms with Gasteiger partial charge in [0.1, 0.15) is 5.82 Å². The molecule has 0 aliphatic carbocycles. The Morgan fingerprint density at radius 1 is 1.58 bits per heavy atom. The first-order valence-corrected chi connectivity index (χ1v) is 3.50. The number of nitrogens with one attached hydrogen (secondary N) is 1. The number of nitrogens with zero attached hydrogens (tertiary/aromatic N) is 1. The highest BCUT2D eigenvalue weighted by atomic mass is 16.5. The molecule has 4 heteroatoms. The number of methoxy groups -OCH3 is 1. The van der Waals surface area contributed by atoms with Gasteiger partial charge in [0.15, 0.2) is 0 Å². The Balaban J connectivity index is 2.64. The highest BCUT2D eigenvalue weighted by Gasteiger charge is 1.99. The van der Waals surface area contributed by atoms with Gasteiger partial charge in [0.25, 0.3) is 0 Å². The fraction of sp³-hybridized carbons (Fsp3) is 0.250. The van der Waals surface area contributed by atoms with E-state index in [-0.39, 0.29) is 0 Å². The van der Waals surface area contributed by atoms with Gasteiger partial charge in [-0.25, -0.2) is 9.78 Å². The zero-order valence-electron chi connectivity index (χ0n) is 7.00. The molecule has 0 spiro atoms. The van der Waals surface area contributed by atoms with Crippen molar-refractivity contribution in [2.45, 2.75) is 6.92 Å². The van der Waals surface area contributed by atoms with Crippen LogP contribution in [-0.2, 0) is 4.74 Å². The number of pyridine rings is 1. The molecule has 0 aliphatic heterocycles. The van der Waals surface area contributed by atoms with Gasteiger partial charge in [-0.05, 0) is 18.6 Å². The van der Waals surface area contributed by atoms with Crippen molar-refractivity contribution in [2.24, 2.45) is 0 Å². The van der Waals surface area contributed by atoms with E-state index < -0.39 is 6.09 Å². The third kappa shape index (κ3) is 2.23. The number of carbonyl (C=O) groups is 1. The van der Waals surface area contributed by atoms with Crippen LogP contribution in [0.25, 0.3) is 0 Å².